The summed E-state index contributed by atoms with van der Waals surface area (Å²) in [5.74, 6) is 0.463. The number of thioether (sulfide) groups is 1. The molecule has 0 fully saturated rings. The summed E-state index contributed by atoms with van der Waals surface area (Å²) in [4.78, 5) is 17.8. The molecule has 1 aromatic heterocycles. The summed E-state index contributed by atoms with van der Waals surface area (Å²) >= 11 is 1.35. The molecule has 7 heteroatoms. The van der Waals surface area contributed by atoms with Crippen LogP contribution in [-0.4, -0.2) is 20.1 Å². The normalized spacial score (nSPS) is 12.8. The van der Waals surface area contributed by atoms with Crippen molar-refractivity contribution in [1.82, 2.24) is 9.97 Å². The third-order valence-corrected chi connectivity index (χ3v) is 3.63. The third kappa shape index (κ3) is 3.06. The Hall–Kier alpha value is -1.37. The number of rotatable bonds is 4. The molecule has 0 radical (unpaired) electrons. The van der Waals surface area contributed by atoms with E-state index in [0.717, 1.165) is 6.20 Å². The average molecular weight is 242 g/mol. The molecular formula is C9H14N4O2S. The van der Waals surface area contributed by atoms with Crippen molar-refractivity contribution >= 4 is 23.4 Å². The number of nitrogen functional groups attached to an aromatic ring is 1. The highest BCUT2D eigenvalue weighted by Crippen LogP contribution is 2.32. The van der Waals surface area contributed by atoms with Gasteiger partial charge in [-0.1, -0.05) is 32.5 Å². The van der Waals surface area contributed by atoms with Gasteiger partial charge < -0.3 is 5.73 Å². The molecule has 0 saturated heterocycles. The van der Waals surface area contributed by atoms with Crippen molar-refractivity contribution in [1.29, 1.82) is 0 Å². The molecule has 0 aliphatic rings. The lowest BCUT2D eigenvalue weighted by Crippen LogP contribution is -2.08. The Balaban J connectivity index is 3.01. The minimum Gasteiger partial charge on any atom is -0.368 e. The molecule has 0 aliphatic heterocycles. The van der Waals surface area contributed by atoms with E-state index in [1.807, 2.05) is 20.8 Å². The van der Waals surface area contributed by atoms with Crippen LogP contribution in [0.1, 0.15) is 20.8 Å². The molecule has 1 heterocycles. The number of hydrogen-bond donors (Lipinski definition) is 1. The predicted octanol–water partition coefficient (Wildman–Crippen LogP) is 2.10. The zero-order valence-electron chi connectivity index (χ0n) is 9.38. The van der Waals surface area contributed by atoms with E-state index in [0.29, 0.717) is 10.9 Å². The predicted molar refractivity (Wildman–Crippen MR) is 63.3 cm³/mol. The molecule has 6 nitrogen and oxygen atoms in total. The summed E-state index contributed by atoms with van der Waals surface area (Å²) in [7, 11) is 0. The molecule has 0 aromatic carbocycles. The van der Waals surface area contributed by atoms with Gasteiger partial charge in [0.2, 0.25) is 5.95 Å². The molecule has 1 aromatic rings. The van der Waals surface area contributed by atoms with Crippen LogP contribution in [-0.2, 0) is 0 Å². The molecule has 1 atom stereocenters. The van der Waals surface area contributed by atoms with Gasteiger partial charge in [0.25, 0.3) is 0 Å². The minimum absolute atomic E-state index is 0.0593. The standard InChI is InChI=1S/C9H14N4O2S/c1-5(2)6(3)16-8-7(13(14)15)4-11-9(10)12-8/h4-6H,1-3H3,(H2,10,11,12). The molecule has 0 spiro atoms. The lowest BCUT2D eigenvalue weighted by molar-refractivity contribution is -0.388. The van der Waals surface area contributed by atoms with Gasteiger partial charge in [0, 0.05) is 5.25 Å². The molecule has 0 amide bonds. The lowest BCUT2D eigenvalue weighted by Gasteiger charge is -2.13. The van der Waals surface area contributed by atoms with Crippen molar-refractivity contribution in [2.75, 3.05) is 5.73 Å². The maximum absolute atomic E-state index is 10.8. The monoisotopic (exact) mass is 242 g/mol. The number of nitrogens with two attached hydrogens (primary N) is 1. The number of aromatic nitrogens is 2. The summed E-state index contributed by atoms with van der Waals surface area (Å²) < 4.78 is 0. The Bertz CT molecular complexity index is 397. The van der Waals surface area contributed by atoms with Crippen LogP contribution >= 0.6 is 11.8 Å². The van der Waals surface area contributed by atoms with Crippen molar-refractivity contribution < 1.29 is 4.92 Å². The zero-order chi connectivity index (χ0) is 12.3. The van der Waals surface area contributed by atoms with Gasteiger partial charge >= 0.3 is 5.69 Å². The molecule has 0 saturated carbocycles. The summed E-state index contributed by atoms with van der Waals surface area (Å²) in [6.45, 7) is 6.10. The van der Waals surface area contributed by atoms with Gasteiger partial charge in [0.15, 0.2) is 5.03 Å². The van der Waals surface area contributed by atoms with Crippen molar-refractivity contribution in [2.45, 2.75) is 31.0 Å². The van der Waals surface area contributed by atoms with Crippen LogP contribution in [0.2, 0.25) is 0 Å². The van der Waals surface area contributed by atoms with E-state index in [1.54, 1.807) is 0 Å². The van der Waals surface area contributed by atoms with Crippen molar-refractivity contribution in [3.8, 4) is 0 Å². The summed E-state index contributed by atoms with van der Waals surface area (Å²) in [6.07, 6.45) is 1.15. The Morgan fingerprint density at radius 3 is 2.62 bits per heavy atom. The molecular weight excluding hydrogens is 228 g/mol. The summed E-state index contributed by atoms with van der Waals surface area (Å²) in [5, 5.41) is 11.3. The molecule has 0 aliphatic carbocycles. The van der Waals surface area contributed by atoms with Crippen LogP contribution < -0.4 is 5.73 Å². The number of anilines is 1. The average Bonchev–Trinajstić information content (AvgIpc) is 2.16. The fourth-order valence-electron chi connectivity index (χ4n) is 0.897. The van der Waals surface area contributed by atoms with Crippen LogP contribution in [0.15, 0.2) is 11.2 Å². The first kappa shape index (κ1) is 12.7. The second-order valence-electron chi connectivity index (χ2n) is 3.74. The van der Waals surface area contributed by atoms with Gasteiger partial charge in [0.1, 0.15) is 6.20 Å². The highest BCUT2D eigenvalue weighted by atomic mass is 32.2. The van der Waals surface area contributed by atoms with E-state index < -0.39 is 4.92 Å². The first-order valence-electron chi connectivity index (χ1n) is 4.85. The highest BCUT2D eigenvalue weighted by Gasteiger charge is 2.20. The topological polar surface area (TPSA) is 94.9 Å². The zero-order valence-corrected chi connectivity index (χ0v) is 10.2. The second-order valence-corrected chi connectivity index (χ2v) is 5.11. The van der Waals surface area contributed by atoms with Gasteiger partial charge in [0.05, 0.1) is 4.92 Å². The minimum atomic E-state index is -0.491. The van der Waals surface area contributed by atoms with E-state index in [2.05, 4.69) is 9.97 Å². The molecule has 2 N–H and O–H groups in total. The largest absolute Gasteiger partial charge is 0.368 e. The third-order valence-electron chi connectivity index (χ3n) is 2.19. The van der Waals surface area contributed by atoms with Gasteiger partial charge in [-0.25, -0.2) is 4.98 Å². The number of hydrogen-bond acceptors (Lipinski definition) is 6. The number of nitro groups is 1. The molecule has 0 bridgehead atoms. The molecule has 1 rings (SSSR count). The first-order valence-corrected chi connectivity index (χ1v) is 5.73. The van der Waals surface area contributed by atoms with Crippen LogP contribution in [0.3, 0.4) is 0 Å². The first-order chi connectivity index (χ1) is 7.41. The maximum Gasteiger partial charge on any atom is 0.319 e. The number of nitrogens with zero attached hydrogens (tertiary/aromatic N) is 3. The highest BCUT2D eigenvalue weighted by molar-refractivity contribution is 8.00. The van der Waals surface area contributed by atoms with Crippen molar-refractivity contribution in [3.05, 3.63) is 16.3 Å². The smallest absolute Gasteiger partial charge is 0.319 e. The van der Waals surface area contributed by atoms with Gasteiger partial charge in [-0.05, 0) is 5.92 Å². The maximum atomic E-state index is 10.8. The second kappa shape index (κ2) is 5.11. The van der Waals surface area contributed by atoms with Crippen LogP contribution in [0.5, 0.6) is 0 Å². The van der Waals surface area contributed by atoms with E-state index in [-0.39, 0.29) is 16.9 Å². The Kier molecular flexibility index (Phi) is 4.05. The van der Waals surface area contributed by atoms with Gasteiger partial charge in [-0.2, -0.15) is 4.98 Å². The van der Waals surface area contributed by atoms with E-state index in [1.165, 1.54) is 11.8 Å². The Morgan fingerprint density at radius 1 is 1.50 bits per heavy atom. The van der Waals surface area contributed by atoms with E-state index in [4.69, 9.17) is 5.73 Å². The fraction of sp³-hybridized carbons (Fsp3) is 0.556. The SMILES string of the molecule is CC(C)C(C)Sc1nc(N)ncc1[N+](=O)[O-]. The Morgan fingerprint density at radius 2 is 2.12 bits per heavy atom. The molecule has 16 heavy (non-hydrogen) atoms. The summed E-state index contributed by atoms with van der Waals surface area (Å²) in [6, 6.07) is 0. The summed E-state index contributed by atoms with van der Waals surface area (Å²) in [5.41, 5.74) is 5.33. The quantitative estimate of drug-likeness (QED) is 0.376. The van der Waals surface area contributed by atoms with Crippen molar-refractivity contribution in [3.63, 3.8) is 0 Å². The van der Waals surface area contributed by atoms with E-state index in [9.17, 15) is 10.1 Å². The lowest BCUT2D eigenvalue weighted by atomic mass is 10.2. The van der Waals surface area contributed by atoms with Gasteiger partial charge in [-0.15, -0.1) is 0 Å². The molecule has 88 valence electrons. The Labute approximate surface area is 97.8 Å². The van der Waals surface area contributed by atoms with Gasteiger partial charge in [-0.3, -0.25) is 10.1 Å². The van der Waals surface area contributed by atoms with Crippen LogP contribution in [0, 0.1) is 16.0 Å². The molecule has 1 unspecified atom stereocenters. The fourth-order valence-corrected chi connectivity index (χ4v) is 1.92. The van der Waals surface area contributed by atoms with Crippen LogP contribution in [0.4, 0.5) is 11.6 Å². The van der Waals surface area contributed by atoms with Crippen molar-refractivity contribution in [2.24, 2.45) is 5.92 Å². The van der Waals surface area contributed by atoms with E-state index >= 15 is 0 Å². The van der Waals surface area contributed by atoms with Crippen LogP contribution in [0.25, 0.3) is 0 Å².